The minimum Gasteiger partial charge on any atom is -0.357 e. The highest BCUT2D eigenvalue weighted by Gasteiger charge is 2.28. The van der Waals surface area contributed by atoms with Gasteiger partial charge in [0.1, 0.15) is 0 Å². The van der Waals surface area contributed by atoms with Gasteiger partial charge in [0.15, 0.2) is 5.96 Å². The molecule has 1 amide bonds. The normalized spacial score (nSPS) is 19.7. The number of rotatable bonds is 6. The molecule has 0 saturated carbocycles. The number of halogens is 1. The second kappa shape index (κ2) is 11.7. The zero-order chi connectivity index (χ0) is 19.9. The van der Waals surface area contributed by atoms with Crippen molar-refractivity contribution in [3.63, 3.8) is 0 Å². The van der Waals surface area contributed by atoms with Gasteiger partial charge < -0.3 is 15.5 Å². The smallest absolute Gasteiger partial charge is 0.225 e. The molecule has 0 spiro atoms. The van der Waals surface area contributed by atoms with Crippen LogP contribution < -0.4 is 10.6 Å². The van der Waals surface area contributed by atoms with Gasteiger partial charge in [0, 0.05) is 51.2 Å². The van der Waals surface area contributed by atoms with E-state index in [1.165, 1.54) is 11.1 Å². The number of nitrogens with one attached hydrogen (secondary N) is 2. The van der Waals surface area contributed by atoms with E-state index >= 15 is 0 Å². The fourth-order valence-corrected chi connectivity index (χ4v) is 4.01. The number of hydrogen-bond acceptors (Lipinski definition) is 3. The summed E-state index contributed by atoms with van der Waals surface area (Å²) >= 11 is 0. The van der Waals surface area contributed by atoms with E-state index in [1.54, 1.807) is 0 Å². The summed E-state index contributed by atoms with van der Waals surface area (Å²) < 4.78 is 0. The molecule has 3 rings (SSSR count). The molecule has 1 aromatic rings. The first-order valence-corrected chi connectivity index (χ1v) is 10.7. The molecule has 1 fully saturated rings. The second-order valence-electron chi connectivity index (χ2n) is 8.12. The number of benzene rings is 1. The van der Waals surface area contributed by atoms with Gasteiger partial charge in [-0.1, -0.05) is 38.1 Å². The van der Waals surface area contributed by atoms with E-state index < -0.39 is 0 Å². The first kappa shape index (κ1) is 23.9. The number of likely N-dealkylation sites (tertiary alicyclic amines) is 1. The van der Waals surface area contributed by atoms with Crippen LogP contribution in [0.3, 0.4) is 0 Å². The number of aliphatic imine (C=N–C) groups is 1. The molecule has 2 aliphatic rings. The van der Waals surface area contributed by atoms with Crippen molar-refractivity contribution < 1.29 is 4.79 Å². The van der Waals surface area contributed by atoms with E-state index in [9.17, 15) is 4.79 Å². The lowest BCUT2D eigenvalue weighted by molar-refractivity contribution is -0.133. The number of fused-ring (bicyclic) bond motifs is 1. The van der Waals surface area contributed by atoms with Crippen molar-refractivity contribution in [1.82, 2.24) is 20.4 Å². The topological polar surface area (TPSA) is 60.0 Å². The molecule has 1 unspecified atom stereocenters. The number of nitrogens with zero attached hydrogens (tertiary/aromatic N) is 3. The molecule has 0 bridgehead atoms. The molecule has 0 radical (unpaired) electrons. The van der Waals surface area contributed by atoms with Gasteiger partial charge >= 0.3 is 0 Å². The van der Waals surface area contributed by atoms with Crippen molar-refractivity contribution in [2.24, 2.45) is 10.9 Å². The van der Waals surface area contributed by atoms with E-state index in [1.807, 2.05) is 18.7 Å². The Labute approximate surface area is 192 Å². The third kappa shape index (κ3) is 6.84. The highest BCUT2D eigenvalue weighted by atomic mass is 127. The van der Waals surface area contributed by atoms with Crippen LogP contribution in [-0.2, 0) is 17.8 Å². The van der Waals surface area contributed by atoms with Crippen LogP contribution in [0, 0.1) is 5.92 Å². The predicted octanol–water partition coefficient (Wildman–Crippen LogP) is 2.47. The molecule has 2 heterocycles. The molecule has 162 valence electrons. The Morgan fingerprint density at radius 2 is 2.00 bits per heavy atom. The second-order valence-corrected chi connectivity index (χ2v) is 8.12. The van der Waals surface area contributed by atoms with Gasteiger partial charge in [0.2, 0.25) is 5.91 Å². The zero-order valence-corrected chi connectivity index (χ0v) is 20.3. The summed E-state index contributed by atoms with van der Waals surface area (Å²) in [6.45, 7) is 12.3. The van der Waals surface area contributed by atoms with Crippen molar-refractivity contribution in [3.05, 3.63) is 35.4 Å². The lowest BCUT2D eigenvalue weighted by Gasteiger charge is -2.28. The van der Waals surface area contributed by atoms with Crippen molar-refractivity contribution in [3.8, 4) is 0 Å². The summed E-state index contributed by atoms with van der Waals surface area (Å²) in [5.74, 6) is 1.18. The van der Waals surface area contributed by atoms with Crippen LogP contribution in [0.5, 0.6) is 0 Å². The van der Waals surface area contributed by atoms with Crippen molar-refractivity contribution >= 4 is 35.8 Å². The van der Waals surface area contributed by atoms with Crippen LogP contribution in [0.2, 0.25) is 0 Å². The van der Waals surface area contributed by atoms with Crippen LogP contribution in [0.25, 0.3) is 0 Å². The molecule has 1 atom stereocenters. The lowest BCUT2D eigenvalue weighted by atomic mass is 10.0. The van der Waals surface area contributed by atoms with Gasteiger partial charge in [-0.15, -0.1) is 24.0 Å². The fraction of sp³-hybridized carbons (Fsp3) is 0.636. The summed E-state index contributed by atoms with van der Waals surface area (Å²) in [5, 5.41) is 6.87. The first-order valence-electron chi connectivity index (χ1n) is 10.7. The number of carbonyl (C=O) groups is 1. The number of hydrogen-bond donors (Lipinski definition) is 2. The van der Waals surface area contributed by atoms with Crippen molar-refractivity contribution in [2.45, 2.75) is 46.2 Å². The molecule has 0 aromatic heterocycles. The largest absolute Gasteiger partial charge is 0.357 e. The predicted molar refractivity (Wildman–Crippen MR) is 130 cm³/mol. The van der Waals surface area contributed by atoms with Crippen LogP contribution in [0.15, 0.2) is 29.3 Å². The maximum Gasteiger partial charge on any atom is 0.225 e. The SMILES string of the molecule is CCNC(=NCCN1CCc2ccccc2C1)NC1CCN(C(=O)C(C)C)C1.I. The Hall–Kier alpha value is -1.35. The van der Waals surface area contributed by atoms with Crippen molar-refractivity contribution in [1.29, 1.82) is 0 Å². The molecule has 29 heavy (non-hydrogen) atoms. The Morgan fingerprint density at radius 3 is 2.72 bits per heavy atom. The minimum atomic E-state index is 0. The highest BCUT2D eigenvalue weighted by Crippen LogP contribution is 2.18. The van der Waals surface area contributed by atoms with Gasteiger partial charge in [0.05, 0.1) is 6.54 Å². The van der Waals surface area contributed by atoms with Gasteiger partial charge in [-0.05, 0) is 30.9 Å². The highest BCUT2D eigenvalue weighted by molar-refractivity contribution is 14.0. The van der Waals surface area contributed by atoms with Crippen LogP contribution in [0.1, 0.15) is 38.3 Å². The Balaban J connectivity index is 0.00000300. The third-order valence-electron chi connectivity index (χ3n) is 5.57. The average Bonchev–Trinajstić information content (AvgIpc) is 3.15. The number of amides is 1. The lowest BCUT2D eigenvalue weighted by Crippen LogP contribution is -2.45. The summed E-state index contributed by atoms with van der Waals surface area (Å²) in [7, 11) is 0. The quantitative estimate of drug-likeness (QED) is 0.349. The molecular formula is C22H36IN5O. The van der Waals surface area contributed by atoms with Crippen LogP contribution in [-0.4, -0.2) is 67.0 Å². The van der Waals surface area contributed by atoms with Crippen LogP contribution >= 0.6 is 24.0 Å². The van der Waals surface area contributed by atoms with E-state index in [0.29, 0.717) is 0 Å². The number of guanidine groups is 1. The molecular weight excluding hydrogens is 477 g/mol. The van der Waals surface area contributed by atoms with Gasteiger partial charge in [-0.2, -0.15) is 0 Å². The van der Waals surface area contributed by atoms with Gasteiger partial charge in [-0.25, -0.2) is 0 Å². The summed E-state index contributed by atoms with van der Waals surface area (Å²) in [6, 6.07) is 9.02. The monoisotopic (exact) mass is 513 g/mol. The Kier molecular flexibility index (Phi) is 9.68. The standard InChI is InChI=1S/C22H35N5O.HI/c1-4-23-22(25-20-10-13-27(16-20)21(28)17(2)3)24-11-14-26-12-9-18-7-5-6-8-19(18)15-26;/h5-8,17,20H,4,9-16H2,1-3H3,(H2,23,24,25);1H. The third-order valence-corrected chi connectivity index (χ3v) is 5.57. The first-order chi connectivity index (χ1) is 13.6. The van der Waals surface area contributed by atoms with E-state index in [2.05, 4.69) is 46.7 Å². The molecule has 2 N–H and O–H groups in total. The average molecular weight is 513 g/mol. The van der Waals surface area contributed by atoms with E-state index in [0.717, 1.165) is 64.6 Å². The molecule has 1 aromatic carbocycles. The number of carbonyl (C=O) groups excluding carboxylic acids is 1. The molecule has 6 nitrogen and oxygen atoms in total. The molecule has 0 aliphatic carbocycles. The Morgan fingerprint density at radius 1 is 1.24 bits per heavy atom. The summed E-state index contributed by atoms with van der Waals surface area (Å²) in [6.07, 6.45) is 2.10. The Bertz CT molecular complexity index is 694. The summed E-state index contributed by atoms with van der Waals surface area (Å²) in [5.41, 5.74) is 2.93. The maximum atomic E-state index is 12.2. The maximum absolute atomic E-state index is 12.2. The minimum absolute atomic E-state index is 0. The molecule has 1 saturated heterocycles. The zero-order valence-electron chi connectivity index (χ0n) is 18.0. The molecule has 2 aliphatic heterocycles. The van der Waals surface area contributed by atoms with Gasteiger partial charge in [0.25, 0.3) is 0 Å². The van der Waals surface area contributed by atoms with Crippen LogP contribution in [0.4, 0.5) is 0 Å². The van der Waals surface area contributed by atoms with E-state index in [4.69, 9.17) is 4.99 Å². The van der Waals surface area contributed by atoms with E-state index in [-0.39, 0.29) is 41.8 Å². The molecule has 7 heteroatoms. The summed E-state index contributed by atoms with van der Waals surface area (Å²) in [4.78, 5) is 21.4. The van der Waals surface area contributed by atoms with Crippen molar-refractivity contribution in [2.75, 3.05) is 39.3 Å². The van der Waals surface area contributed by atoms with Gasteiger partial charge in [-0.3, -0.25) is 14.7 Å². The fourth-order valence-electron chi connectivity index (χ4n) is 4.01.